The molecule has 1 heterocycles. The van der Waals surface area contributed by atoms with Gasteiger partial charge in [0, 0.05) is 28.7 Å². The van der Waals surface area contributed by atoms with Crippen LogP contribution >= 0.6 is 22.6 Å². The van der Waals surface area contributed by atoms with E-state index in [9.17, 15) is 18.8 Å². The topological polar surface area (TPSA) is 82.1 Å². The average Bonchev–Trinajstić information content (AvgIpc) is 3.00. The highest BCUT2D eigenvalue weighted by molar-refractivity contribution is 14.1. The van der Waals surface area contributed by atoms with E-state index in [0.717, 1.165) is 14.7 Å². The second kappa shape index (κ2) is 14.0. The SMILES string of the molecule is CC(=O)Oc1ccc(N2C(=O)C(CCC(OC(C)=O)c3ccc(F)cc3)C2c2cc(I)ccc2OCc2ccccc2)cc1. The van der Waals surface area contributed by atoms with Gasteiger partial charge in [-0.3, -0.25) is 14.4 Å². The quantitative estimate of drug-likeness (QED) is 0.0688. The summed E-state index contributed by atoms with van der Waals surface area (Å²) in [5.74, 6) is -0.775. The summed E-state index contributed by atoms with van der Waals surface area (Å²) >= 11 is 2.25. The minimum absolute atomic E-state index is 0.0937. The molecule has 0 saturated carbocycles. The molecule has 4 aromatic carbocycles. The number of carbonyl (C=O) groups is 3. The first-order valence-electron chi connectivity index (χ1n) is 14.2. The van der Waals surface area contributed by atoms with Crippen LogP contribution in [0.5, 0.6) is 11.5 Å². The first kappa shape index (κ1) is 31.2. The van der Waals surface area contributed by atoms with Crippen LogP contribution in [0, 0.1) is 15.3 Å². The number of hydrogen-bond acceptors (Lipinski definition) is 6. The van der Waals surface area contributed by atoms with Crippen LogP contribution in [0.2, 0.25) is 0 Å². The Morgan fingerprint density at radius 3 is 2.27 bits per heavy atom. The van der Waals surface area contributed by atoms with Gasteiger partial charge in [0.05, 0.1) is 12.0 Å². The number of nitrogens with zero attached hydrogens (tertiary/aromatic N) is 1. The van der Waals surface area contributed by atoms with Crippen LogP contribution < -0.4 is 14.4 Å². The highest BCUT2D eigenvalue weighted by atomic mass is 127. The largest absolute Gasteiger partial charge is 0.489 e. The van der Waals surface area contributed by atoms with Gasteiger partial charge in [0.15, 0.2) is 0 Å². The van der Waals surface area contributed by atoms with E-state index in [1.165, 1.54) is 26.0 Å². The first-order valence-corrected chi connectivity index (χ1v) is 15.3. The van der Waals surface area contributed by atoms with Gasteiger partial charge in [0.1, 0.15) is 30.0 Å². The summed E-state index contributed by atoms with van der Waals surface area (Å²) in [6.45, 7) is 3.02. The molecular weight excluding hydrogens is 676 g/mol. The van der Waals surface area contributed by atoms with Crippen molar-refractivity contribution in [1.82, 2.24) is 0 Å². The minimum Gasteiger partial charge on any atom is -0.489 e. The third-order valence-electron chi connectivity index (χ3n) is 7.41. The molecule has 1 aliphatic rings. The van der Waals surface area contributed by atoms with E-state index in [-0.39, 0.29) is 17.8 Å². The number of hydrogen-bond donors (Lipinski definition) is 0. The maximum atomic E-state index is 13.8. The van der Waals surface area contributed by atoms with Gasteiger partial charge in [0.25, 0.3) is 0 Å². The molecule has 0 aromatic heterocycles. The summed E-state index contributed by atoms with van der Waals surface area (Å²) in [7, 11) is 0. The molecule has 0 aliphatic carbocycles. The van der Waals surface area contributed by atoms with Gasteiger partial charge >= 0.3 is 11.9 Å². The molecule has 0 bridgehead atoms. The van der Waals surface area contributed by atoms with Gasteiger partial charge in [-0.15, -0.1) is 0 Å². The monoisotopic (exact) mass is 707 g/mol. The summed E-state index contributed by atoms with van der Waals surface area (Å²) in [5.41, 5.74) is 3.17. The number of anilines is 1. The molecule has 3 atom stereocenters. The molecule has 44 heavy (non-hydrogen) atoms. The van der Waals surface area contributed by atoms with Crippen LogP contribution in [-0.4, -0.2) is 17.8 Å². The van der Waals surface area contributed by atoms with Crippen LogP contribution in [0.3, 0.4) is 0 Å². The average molecular weight is 708 g/mol. The van der Waals surface area contributed by atoms with Crippen LogP contribution in [0.25, 0.3) is 0 Å². The Bertz CT molecular complexity index is 1630. The number of β-lactam (4-membered cyclic amide) rings is 1. The second-order valence-corrected chi connectivity index (χ2v) is 11.8. The Morgan fingerprint density at radius 2 is 1.61 bits per heavy atom. The molecule has 1 fully saturated rings. The molecule has 0 spiro atoms. The molecule has 1 amide bonds. The van der Waals surface area contributed by atoms with E-state index in [1.54, 1.807) is 41.3 Å². The normalized spacial score (nSPS) is 16.5. The van der Waals surface area contributed by atoms with E-state index < -0.39 is 24.0 Å². The van der Waals surface area contributed by atoms with E-state index in [2.05, 4.69) is 22.6 Å². The third-order valence-corrected chi connectivity index (χ3v) is 8.08. The van der Waals surface area contributed by atoms with Gasteiger partial charge < -0.3 is 19.1 Å². The second-order valence-electron chi connectivity index (χ2n) is 10.5. The molecule has 5 rings (SSSR count). The van der Waals surface area contributed by atoms with Crippen molar-refractivity contribution in [2.45, 2.75) is 45.4 Å². The van der Waals surface area contributed by atoms with Crippen molar-refractivity contribution < 1.29 is 33.0 Å². The van der Waals surface area contributed by atoms with E-state index in [4.69, 9.17) is 14.2 Å². The predicted octanol–water partition coefficient (Wildman–Crippen LogP) is 7.72. The highest BCUT2D eigenvalue weighted by Gasteiger charge is 2.49. The molecule has 0 N–H and O–H groups in total. The fourth-order valence-electron chi connectivity index (χ4n) is 5.43. The first-order chi connectivity index (χ1) is 21.2. The maximum Gasteiger partial charge on any atom is 0.308 e. The number of ether oxygens (including phenoxy) is 3. The Morgan fingerprint density at radius 1 is 0.909 bits per heavy atom. The zero-order chi connectivity index (χ0) is 31.2. The van der Waals surface area contributed by atoms with Gasteiger partial charge in [-0.25, -0.2) is 4.39 Å². The summed E-state index contributed by atoms with van der Waals surface area (Å²) in [6, 6.07) is 28.0. The molecule has 1 saturated heterocycles. The Hall–Kier alpha value is -4.25. The zero-order valence-corrected chi connectivity index (χ0v) is 26.4. The fourth-order valence-corrected chi connectivity index (χ4v) is 5.95. The number of rotatable bonds is 11. The predicted molar refractivity (Wildman–Crippen MR) is 172 cm³/mol. The molecule has 226 valence electrons. The smallest absolute Gasteiger partial charge is 0.308 e. The lowest BCUT2D eigenvalue weighted by atomic mass is 9.78. The van der Waals surface area contributed by atoms with Crippen LogP contribution in [0.4, 0.5) is 10.1 Å². The highest BCUT2D eigenvalue weighted by Crippen LogP contribution is 2.49. The van der Waals surface area contributed by atoms with Crippen molar-refractivity contribution in [2.75, 3.05) is 4.90 Å². The molecular formula is C35H31FINO6. The molecule has 1 aliphatic heterocycles. The Balaban J connectivity index is 1.47. The van der Waals surface area contributed by atoms with Gasteiger partial charge in [-0.1, -0.05) is 42.5 Å². The van der Waals surface area contributed by atoms with Crippen molar-refractivity contribution in [3.63, 3.8) is 0 Å². The van der Waals surface area contributed by atoms with Crippen LogP contribution in [-0.2, 0) is 25.7 Å². The minimum atomic E-state index is -0.636. The van der Waals surface area contributed by atoms with Gasteiger partial charge in [-0.2, -0.15) is 0 Å². The van der Waals surface area contributed by atoms with Crippen molar-refractivity contribution in [2.24, 2.45) is 5.92 Å². The van der Waals surface area contributed by atoms with Crippen molar-refractivity contribution in [1.29, 1.82) is 0 Å². The summed E-state index contributed by atoms with van der Waals surface area (Å²) in [5, 5.41) is 0. The Labute approximate surface area is 269 Å². The molecule has 9 heteroatoms. The van der Waals surface area contributed by atoms with Crippen molar-refractivity contribution in [3.05, 3.63) is 123 Å². The fraction of sp³-hybridized carbons (Fsp3) is 0.229. The van der Waals surface area contributed by atoms with Crippen molar-refractivity contribution in [3.8, 4) is 11.5 Å². The molecule has 4 aromatic rings. The lowest BCUT2D eigenvalue weighted by Gasteiger charge is -2.48. The lowest BCUT2D eigenvalue weighted by molar-refractivity contribution is -0.147. The summed E-state index contributed by atoms with van der Waals surface area (Å²) < 4.78 is 31.7. The third kappa shape index (κ3) is 7.45. The van der Waals surface area contributed by atoms with E-state index >= 15 is 0 Å². The lowest BCUT2D eigenvalue weighted by Crippen LogP contribution is -2.55. The molecule has 3 unspecified atom stereocenters. The van der Waals surface area contributed by atoms with Gasteiger partial charge in [-0.05, 0) is 101 Å². The van der Waals surface area contributed by atoms with Crippen LogP contribution in [0.15, 0.2) is 97.1 Å². The van der Waals surface area contributed by atoms with Crippen molar-refractivity contribution >= 4 is 46.1 Å². The molecule has 0 radical (unpaired) electrons. The number of carbonyl (C=O) groups excluding carboxylic acids is 3. The maximum absolute atomic E-state index is 13.8. The van der Waals surface area contributed by atoms with E-state index in [0.29, 0.717) is 42.2 Å². The number of benzene rings is 4. The standard InChI is InChI=1S/C35H31FINO6/c1-22(39)43-29-15-13-28(14-16-29)38-34(31-20-27(37)12-18-33(31)42-21-24-6-4-3-5-7-24)30(35(38)41)17-19-32(44-23(2)40)25-8-10-26(36)11-9-25/h3-16,18,20,30,32,34H,17,19,21H2,1-2H3. The van der Waals surface area contributed by atoms with Crippen LogP contribution in [0.1, 0.15) is 55.5 Å². The van der Waals surface area contributed by atoms with Gasteiger partial charge in [0.2, 0.25) is 5.91 Å². The zero-order valence-electron chi connectivity index (χ0n) is 24.2. The Kier molecular flexibility index (Phi) is 9.94. The summed E-state index contributed by atoms with van der Waals surface area (Å²) in [4.78, 5) is 38.9. The number of amides is 1. The van der Waals surface area contributed by atoms with E-state index in [1.807, 2.05) is 48.5 Å². The molecule has 7 nitrogen and oxygen atoms in total. The number of esters is 2. The number of halogens is 2. The summed E-state index contributed by atoms with van der Waals surface area (Å²) in [6.07, 6.45) is 0.134.